The smallest absolute Gasteiger partial charge is 0.337 e. The van der Waals surface area contributed by atoms with Crippen LogP contribution < -0.4 is 0 Å². The van der Waals surface area contributed by atoms with Gasteiger partial charge in [-0.1, -0.05) is 13.0 Å². The standard InChI is InChI=1S/C21H22N2O4S/c1-5-9-22-19(24)18(28-21(22)26)12-16-10-13(2)23(14(16)3)17-8-6-7-15(11-17)20(25)27-4/h6-8,10-12H,5,9H2,1-4H3/b18-12+. The van der Waals surface area contributed by atoms with Crippen LogP contribution >= 0.6 is 11.8 Å². The topological polar surface area (TPSA) is 68.6 Å². The molecule has 28 heavy (non-hydrogen) atoms. The van der Waals surface area contributed by atoms with E-state index in [4.69, 9.17) is 4.74 Å². The average molecular weight is 398 g/mol. The minimum absolute atomic E-state index is 0.224. The molecule has 6 nitrogen and oxygen atoms in total. The number of esters is 1. The fourth-order valence-corrected chi connectivity index (χ4v) is 4.13. The lowest BCUT2D eigenvalue weighted by molar-refractivity contribution is -0.122. The van der Waals surface area contributed by atoms with Gasteiger partial charge in [0.2, 0.25) is 0 Å². The molecule has 1 saturated heterocycles. The van der Waals surface area contributed by atoms with Crippen molar-refractivity contribution in [3.05, 3.63) is 57.8 Å². The van der Waals surface area contributed by atoms with Crippen LogP contribution in [0.25, 0.3) is 11.8 Å². The quantitative estimate of drug-likeness (QED) is 0.554. The van der Waals surface area contributed by atoms with Gasteiger partial charge in [-0.25, -0.2) is 4.79 Å². The highest BCUT2D eigenvalue weighted by Crippen LogP contribution is 2.33. The summed E-state index contributed by atoms with van der Waals surface area (Å²) in [7, 11) is 1.35. The molecule has 3 rings (SSSR count). The molecule has 7 heteroatoms. The average Bonchev–Trinajstić information content (AvgIpc) is 3.11. The lowest BCUT2D eigenvalue weighted by Gasteiger charge is -2.11. The number of carbonyl (C=O) groups excluding carboxylic acids is 3. The van der Waals surface area contributed by atoms with Crippen molar-refractivity contribution in [3.63, 3.8) is 0 Å². The minimum Gasteiger partial charge on any atom is -0.465 e. The van der Waals surface area contributed by atoms with Crippen molar-refractivity contribution in [2.45, 2.75) is 27.2 Å². The van der Waals surface area contributed by atoms with Gasteiger partial charge in [0.1, 0.15) is 0 Å². The molecule has 1 fully saturated rings. The lowest BCUT2D eigenvalue weighted by Crippen LogP contribution is -2.28. The van der Waals surface area contributed by atoms with Gasteiger partial charge in [0.05, 0.1) is 17.6 Å². The predicted octanol–water partition coefficient (Wildman–Crippen LogP) is 4.33. The van der Waals surface area contributed by atoms with Crippen LogP contribution in [0.2, 0.25) is 0 Å². The van der Waals surface area contributed by atoms with Gasteiger partial charge in [-0.05, 0) is 67.9 Å². The van der Waals surface area contributed by atoms with E-state index < -0.39 is 5.97 Å². The summed E-state index contributed by atoms with van der Waals surface area (Å²) in [5.41, 5.74) is 4.04. The Kier molecular flexibility index (Phi) is 5.74. The molecule has 0 spiro atoms. The molecule has 1 aromatic carbocycles. The summed E-state index contributed by atoms with van der Waals surface area (Å²) in [6.45, 7) is 6.27. The molecule has 0 atom stereocenters. The van der Waals surface area contributed by atoms with E-state index in [-0.39, 0.29) is 11.1 Å². The van der Waals surface area contributed by atoms with Crippen LogP contribution in [0.3, 0.4) is 0 Å². The van der Waals surface area contributed by atoms with Gasteiger partial charge in [0, 0.05) is 23.6 Å². The van der Waals surface area contributed by atoms with Gasteiger partial charge in [-0.3, -0.25) is 14.5 Å². The maximum absolute atomic E-state index is 12.5. The number of nitrogens with zero attached hydrogens (tertiary/aromatic N) is 2. The molecule has 0 N–H and O–H groups in total. The van der Waals surface area contributed by atoms with Crippen molar-refractivity contribution in [2.24, 2.45) is 0 Å². The number of aryl methyl sites for hydroxylation is 1. The number of aromatic nitrogens is 1. The molecular formula is C21H22N2O4S. The van der Waals surface area contributed by atoms with Gasteiger partial charge in [-0.15, -0.1) is 0 Å². The van der Waals surface area contributed by atoms with Gasteiger partial charge in [-0.2, -0.15) is 0 Å². The largest absolute Gasteiger partial charge is 0.465 e. The first kappa shape index (κ1) is 19.9. The van der Waals surface area contributed by atoms with E-state index in [9.17, 15) is 14.4 Å². The molecular weight excluding hydrogens is 376 g/mol. The Hall–Kier alpha value is -2.80. The molecule has 0 aliphatic carbocycles. The number of amides is 2. The van der Waals surface area contributed by atoms with Gasteiger partial charge >= 0.3 is 5.97 Å². The molecule has 2 amide bonds. The molecule has 2 aromatic rings. The predicted molar refractivity (Wildman–Crippen MR) is 110 cm³/mol. The third-order valence-corrected chi connectivity index (χ3v) is 5.51. The monoisotopic (exact) mass is 398 g/mol. The van der Waals surface area contributed by atoms with Crippen molar-refractivity contribution < 1.29 is 19.1 Å². The van der Waals surface area contributed by atoms with E-state index >= 15 is 0 Å². The first-order valence-electron chi connectivity index (χ1n) is 9.00. The molecule has 146 valence electrons. The lowest BCUT2D eigenvalue weighted by atomic mass is 10.2. The Labute approximate surface area is 168 Å². The number of thioether (sulfide) groups is 1. The third kappa shape index (κ3) is 3.62. The number of methoxy groups -OCH3 is 1. The zero-order chi connectivity index (χ0) is 20.4. The summed E-state index contributed by atoms with van der Waals surface area (Å²) < 4.78 is 6.81. The van der Waals surface area contributed by atoms with Gasteiger partial charge < -0.3 is 9.30 Å². The zero-order valence-corrected chi connectivity index (χ0v) is 17.1. The van der Waals surface area contributed by atoms with Crippen molar-refractivity contribution in [3.8, 4) is 5.69 Å². The summed E-state index contributed by atoms with van der Waals surface area (Å²) in [6.07, 6.45) is 2.50. The second-order valence-electron chi connectivity index (χ2n) is 6.54. The molecule has 1 aliphatic rings. The second kappa shape index (κ2) is 8.06. The number of hydrogen-bond donors (Lipinski definition) is 0. The van der Waals surface area contributed by atoms with E-state index in [1.54, 1.807) is 24.3 Å². The van der Waals surface area contributed by atoms with Crippen molar-refractivity contribution in [2.75, 3.05) is 13.7 Å². The van der Waals surface area contributed by atoms with Crippen LogP contribution in [0.15, 0.2) is 35.2 Å². The van der Waals surface area contributed by atoms with Crippen molar-refractivity contribution in [1.29, 1.82) is 0 Å². The van der Waals surface area contributed by atoms with E-state index in [1.165, 1.54) is 12.0 Å². The van der Waals surface area contributed by atoms with Gasteiger partial charge in [0.15, 0.2) is 0 Å². The number of ether oxygens (including phenoxy) is 1. The Morgan fingerprint density at radius 3 is 2.64 bits per heavy atom. The first-order valence-corrected chi connectivity index (χ1v) is 9.82. The SMILES string of the molecule is CCCN1C(=O)S/C(=C/c2cc(C)n(-c3cccc(C(=O)OC)c3)c2C)C1=O. The van der Waals surface area contributed by atoms with E-state index in [1.807, 2.05) is 37.5 Å². The highest BCUT2D eigenvalue weighted by Gasteiger charge is 2.34. The van der Waals surface area contributed by atoms with Crippen LogP contribution in [-0.2, 0) is 9.53 Å². The normalized spacial score (nSPS) is 15.6. The maximum Gasteiger partial charge on any atom is 0.337 e. The highest BCUT2D eigenvalue weighted by molar-refractivity contribution is 8.18. The van der Waals surface area contributed by atoms with E-state index in [2.05, 4.69) is 0 Å². The molecule has 2 heterocycles. The highest BCUT2D eigenvalue weighted by atomic mass is 32.2. The van der Waals surface area contributed by atoms with Crippen LogP contribution in [0.1, 0.15) is 40.7 Å². The molecule has 0 radical (unpaired) electrons. The second-order valence-corrected chi connectivity index (χ2v) is 7.53. The van der Waals surface area contributed by atoms with E-state index in [0.29, 0.717) is 17.0 Å². The molecule has 0 unspecified atom stereocenters. The summed E-state index contributed by atoms with van der Waals surface area (Å²) >= 11 is 0.974. The first-order chi connectivity index (χ1) is 13.4. The Morgan fingerprint density at radius 1 is 1.21 bits per heavy atom. The van der Waals surface area contributed by atoms with Crippen LogP contribution in [0.4, 0.5) is 4.79 Å². The molecule has 1 aliphatic heterocycles. The summed E-state index contributed by atoms with van der Waals surface area (Å²) in [5, 5.41) is -0.224. The number of rotatable bonds is 5. The summed E-state index contributed by atoms with van der Waals surface area (Å²) in [4.78, 5) is 38.1. The van der Waals surface area contributed by atoms with Crippen molar-refractivity contribution >= 4 is 35.0 Å². The zero-order valence-electron chi connectivity index (χ0n) is 16.3. The minimum atomic E-state index is -0.394. The Morgan fingerprint density at radius 2 is 1.96 bits per heavy atom. The third-order valence-electron chi connectivity index (χ3n) is 4.60. The fraction of sp³-hybridized carbons (Fsp3) is 0.286. The van der Waals surface area contributed by atoms with E-state index in [0.717, 1.165) is 40.8 Å². The van der Waals surface area contributed by atoms with Crippen molar-refractivity contribution in [1.82, 2.24) is 9.47 Å². The number of carbonyl (C=O) groups is 3. The summed E-state index contributed by atoms with van der Waals surface area (Å²) in [6, 6.07) is 9.15. The molecule has 0 saturated carbocycles. The molecule has 0 bridgehead atoms. The number of benzene rings is 1. The fourth-order valence-electron chi connectivity index (χ4n) is 3.28. The van der Waals surface area contributed by atoms with Crippen LogP contribution in [-0.4, -0.2) is 40.2 Å². The van der Waals surface area contributed by atoms with Gasteiger partial charge in [0.25, 0.3) is 11.1 Å². The van der Waals surface area contributed by atoms with Crippen LogP contribution in [0.5, 0.6) is 0 Å². The summed E-state index contributed by atoms with van der Waals surface area (Å²) in [5.74, 6) is -0.636. The number of imide groups is 1. The maximum atomic E-state index is 12.5. The number of hydrogen-bond acceptors (Lipinski definition) is 5. The Bertz CT molecular complexity index is 990. The molecule has 1 aromatic heterocycles. The van der Waals surface area contributed by atoms with Crippen LogP contribution in [0, 0.1) is 13.8 Å². The Balaban J connectivity index is 1.99.